The average Bonchev–Trinajstić information content (AvgIpc) is 2.63. The van der Waals surface area contributed by atoms with E-state index < -0.39 is 0 Å². The van der Waals surface area contributed by atoms with Crippen LogP contribution in [0.1, 0.15) is 24.4 Å². The first kappa shape index (κ1) is 13.0. The minimum Gasteiger partial charge on any atom is -0.324 e. The van der Waals surface area contributed by atoms with Crippen LogP contribution in [0.15, 0.2) is 28.3 Å². The molecule has 0 aliphatic heterocycles. The van der Waals surface area contributed by atoms with Crippen LogP contribution in [0.4, 0.5) is 4.39 Å². The van der Waals surface area contributed by atoms with Gasteiger partial charge in [0.25, 0.3) is 0 Å². The van der Waals surface area contributed by atoms with Gasteiger partial charge in [-0.15, -0.1) is 10.2 Å². The van der Waals surface area contributed by atoms with Gasteiger partial charge in [-0.1, -0.05) is 6.07 Å². The van der Waals surface area contributed by atoms with Crippen molar-refractivity contribution < 1.29 is 4.39 Å². The molecule has 0 amide bonds. The Morgan fingerprint density at radius 2 is 2.11 bits per heavy atom. The Kier molecular flexibility index (Phi) is 3.68. The van der Waals surface area contributed by atoms with E-state index in [0.717, 1.165) is 11.4 Å². The highest BCUT2D eigenvalue weighted by atomic mass is 32.2. The Morgan fingerprint density at radius 3 is 2.61 bits per heavy atom. The number of hydrogen-bond donors (Lipinski definition) is 1. The van der Waals surface area contributed by atoms with E-state index in [2.05, 4.69) is 10.2 Å². The van der Waals surface area contributed by atoms with E-state index in [9.17, 15) is 4.39 Å². The van der Waals surface area contributed by atoms with E-state index in [1.165, 1.54) is 17.8 Å². The molecule has 1 aromatic carbocycles. The summed E-state index contributed by atoms with van der Waals surface area (Å²) in [5, 5.41) is 8.60. The topological polar surface area (TPSA) is 56.7 Å². The largest absolute Gasteiger partial charge is 0.324 e. The molecule has 1 atom stereocenters. The molecule has 0 aliphatic rings. The highest BCUT2D eigenvalue weighted by Crippen LogP contribution is 2.29. The summed E-state index contributed by atoms with van der Waals surface area (Å²) >= 11 is 1.26. The number of nitrogens with zero attached hydrogens (tertiary/aromatic N) is 3. The van der Waals surface area contributed by atoms with Crippen LogP contribution in [-0.2, 0) is 7.05 Å². The number of benzene rings is 1. The summed E-state index contributed by atoms with van der Waals surface area (Å²) in [6.07, 6.45) is 0. The van der Waals surface area contributed by atoms with Crippen LogP contribution in [-0.4, -0.2) is 14.8 Å². The molecule has 0 aliphatic carbocycles. The zero-order valence-corrected chi connectivity index (χ0v) is 11.3. The molecule has 0 bridgehead atoms. The first-order valence-corrected chi connectivity index (χ1v) is 6.39. The van der Waals surface area contributed by atoms with Crippen molar-refractivity contribution in [2.75, 3.05) is 0 Å². The Hall–Kier alpha value is -1.40. The molecule has 0 fully saturated rings. The molecular formula is C12H15FN4S. The first-order chi connectivity index (χ1) is 8.49. The van der Waals surface area contributed by atoms with Gasteiger partial charge in [0.05, 0.1) is 4.90 Å². The van der Waals surface area contributed by atoms with Gasteiger partial charge in [-0.2, -0.15) is 0 Å². The van der Waals surface area contributed by atoms with E-state index in [0.29, 0.717) is 10.1 Å². The molecule has 6 heteroatoms. The number of rotatable bonds is 3. The van der Waals surface area contributed by atoms with Crippen LogP contribution in [0, 0.1) is 12.7 Å². The predicted octanol–water partition coefficient (Wildman–Crippen LogP) is 2.43. The SMILES string of the molecule is Cc1nnc(Sc2ccc([C@@H](C)N)cc2F)n1C. The lowest BCUT2D eigenvalue weighted by molar-refractivity contribution is 0.596. The first-order valence-electron chi connectivity index (χ1n) is 5.58. The molecular weight excluding hydrogens is 251 g/mol. The fourth-order valence-electron chi connectivity index (χ4n) is 1.46. The normalized spacial score (nSPS) is 12.7. The maximum atomic E-state index is 13.9. The number of hydrogen-bond acceptors (Lipinski definition) is 4. The Bertz CT molecular complexity index is 565. The van der Waals surface area contributed by atoms with Crippen LogP contribution in [0.5, 0.6) is 0 Å². The van der Waals surface area contributed by atoms with Crippen molar-refractivity contribution in [3.63, 3.8) is 0 Å². The highest BCUT2D eigenvalue weighted by Gasteiger charge is 2.11. The molecule has 96 valence electrons. The van der Waals surface area contributed by atoms with Gasteiger partial charge in [0, 0.05) is 13.1 Å². The fraction of sp³-hybridized carbons (Fsp3) is 0.333. The van der Waals surface area contributed by atoms with Crippen LogP contribution in [0.3, 0.4) is 0 Å². The minimum atomic E-state index is -0.282. The van der Waals surface area contributed by atoms with Crippen molar-refractivity contribution >= 4 is 11.8 Å². The number of nitrogens with two attached hydrogens (primary N) is 1. The van der Waals surface area contributed by atoms with E-state index in [-0.39, 0.29) is 11.9 Å². The summed E-state index contributed by atoms with van der Waals surface area (Å²) in [6.45, 7) is 3.68. The van der Waals surface area contributed by atoms with Gasteiger partial charge < -0.3 is 10.3 Å². The summed E-state index contributed by atoms with van der Waals surface area (Å²) in [5.74, 6) is 0.514. The lowest BCUT2D eigenvalue weighted by atomic mass is 10.1. The van der Waals surface area contributed by atoms with Gasteiger partial charge in [-0.05, 0) is 43.3 Å². The molecule has 2 N–H and O–H groups in total. The zero-order chi connectivity index (χ0) is 13.3. The average molecular weight is 266 g/mol. The predicted molar refractivity (Wildman–Crippen MR) is 68.9 cm³/mol. The molecule has 0 spiro atoms. The molecule has 18 heavy (non-hydrogen) atoms. The summed E-state index contributed by atoms with van der Waals surface area (Å²) in [7, 11) is 1.85. The summed E-state index contributed by atoms with van der Waals surface area (Å²) in [6, 6.07) is 4.86. The molecule has 0 unspecified atom stereocenters. The Balaban J connectivity index is 2.27. The maximum Gasteiger partial charge on any atom is 0.195 e. The fourth-order valence-corrected chi connectivity index (χ4v) is 2.30. The van der Waals surface area contributed by atoms with Gasteiger partial charge in [-0.25, -0.2) is 4.39 Å². The van der Waals surface area contributed by atoms with E-state index in [4.69, 9.17) is 5.73 Å². The van der Waals surface area contributed by atoms with Crippen molar-refractivity contribution in [2.24, 2.45) is 12.8 Å². The minimum absolute atomic E-state index is 0.171. The monoisotopic (exact) mass is 266 g/mol. The zero-order valence-electron chi connectivity index (χ0n) is 10.5. The Labute approximate surface area is 109 Å². The Morgan fingerprint density at radius 1 is 1.39 bits per heavy atom. The third-order valence-corrected chi connectivity index (χ3v) is 3.82. The quantitative estimate of drug-likeness (QED) is 0.927. The summed E-state index contributed by atoms with van der Waals surface area (Å²) < 4.78 is 15.7. The summed E-state index contributed by atoms with van der Waals surface area (Å²) in [4.78, 5) is 0.523. The van der Waals surface area contributed by atoms with Crippen molar-refractivity contribution in [1.82, 2.24) is 14.8 Å². The van der Waals surface area contributed by atoms with E-state index in [1.54, 1.807) is 6.07 Å². The second kappa shape index (κ2) is 5.07. The van der Waals surface area contributed by atoms with Crippen molar-refractivity contribution in [3.05, 3.63) is 35.4 Å². The van der Waals surface area contributed by atoms with Crippen LogP contribution in [0.25, 0.3) is 0 Å². The molecule has 2 rings (SSSR count). The van der Waals surface area contributed by atoms with Gasteiger partial charge in [0.15, 0.2) is 5.16 Å². The molecule has 1 aromatic heterocycles. The molecule has 0 saturated carbocycles. The van der Waals surface area contributed by atoms with Crippen molar-refractivity contribution in [2.45, 2.75) is 29.9 Å². The molecule has 0 radical (unpaired) electrons. The summed E-state index contributed by atoms with van der Waals surface area (Å²) in [5.41, 5.74) is 6.50. The smallest absolute Gasteiger partial charge is 0.195 e. The molecule has 1 heterocycles. The van der Waals surface area contributed by atoms with Crippen LogP contribution in [0.2, 0.25) is 0 Å². The lowest BCUT2D eigenvalue weighted by Gasteiger charge is -2.08. The van der Waals surface area contributed by atoms with Gasteiger partial charge in [-0.3, -0.25) is 0 Å². The lowest BCUT2D eigenvalue weighted by Crippen LogP contribution is -2.05. The van der Waals surface area contributed by atoms with Gasteiger partial charge in [0.2, 0.25) is 0 Å². The molecule has 0 saturated heterocycles. The molecule has 4 nitrogen and oxygen atoms in total. The van der Waals surface area contributed by atoms with Crippen LogP contribution >= 0.6 is 11.8 Å². The van der Waals surface area contributed by atoms with Gasteiger partial charge >= 0.3 is 0 Å². The molecule has 2 aromatic rings. The number of halogens is 1. The van der Waals surface area contributed by atoms with Gasteiger partial charge in [0.1, 0.15) is 11.6 Å². The third-order valence-electron chi connectivity index (χ3n) is 2.74. The van der Waals surface area contributed by atoms with Crippen molar-refractivity contribution in [3.8, 4) is 0 Å². The standard InChI is InChI=1S/C12H15FN4S/c1-7(14)9-4-5-11(10(13)6-9)18-12-16-15-8(2)17(12)3/h4-7H,14H2,1-3H3/t7-/m1/s1. The number of aromatic nitrogens is 3. The maximum absolute atomic E-state index is 13.9. The van der Waals surface area contributed by atoms with Crippen LogP contribution < -0.4 is 5.73 Å². The third kappa shape index (κ3) is 2.54. The second-order valence-corrected chi connectivity index (χ2v) is 5.18. The van der Waals surface area contributed by atoms with Crippen molar-refractivity contribution in [1.29, 1.82) is 0 Å². The second-order valence-electron chi connectivity index (χ2n) is 4.17. The number of aryl methyl sites for hydroxylation is 1. The van der Waals surface area contributed by atoms with E-state index >= 15 is 0 Å². The van der Waals surface area contributed by atoms with E-state index in [1.807, 2.05) is 31.5 Å². The highest BCUT2D eigenvalue weighted by molar-refractivity contribution is 7.99.